The molecule has 1 aliphatic heterocycles. The molecule has 1 fully saturated rings. The lowest BCUT2D eigenvalue weighted by molar-refractivity contribution is 0.270. The fourth-order valence-electron chi connectivity index (χ4n) is 2.72. The lowest BCUT2D eigenvalue weighted by atomic mass is 9.98. The molecule has 1 aromatic rings. The molecule has 1 heterocycles. The Morgan fingerprint density at radius 3 is 2.60 bits per heavy atom. The third kappa shape index (κ3) is 3.40. The summed E-state index contributed by atoms with van der Waals surface area (Å²) in [6.07, 6.45) is 2.73. The van der Waals surface area contributed by atoms with Crippen molar-refractivity contribution < 1.29 is 8.42 Å². The topological polar surface area (TPSA) is 49.4 Å². The van der Waals surface area contributed by atoms with Crippen LogP contribution in [0.5, 0.6) is 0 Å². The number of nitrogens with zero attached hydrogens (tertiary/aromatic N) is 1. The molecular weight excluding hydrogens is 272 g/mol. The van der Waals surface area contributed by atoms with Gasteiger partial charge in [0.05, 0.1) is 4.90 Å². The summed E-state index contributed by atoms with van der Waals surface area (Å²) in [6, 6.07) is 7.31. The van der Waals surface area contributed by atoms with E-state index in [9.17, 15) is 8.42 Å². The molecule has 0 aliphatic carbocycles. The van der Waals surface area contributed by atoms with E-state index in [2.05, 4.69) is 5.32 Å². The summed E-state index contributed by atoms with van der Waals surface area (Å²) in [7, 11) is -1.38. The smallest absolute Gasteiger partial charge is 0.243 e. The summed E-state index contributed by atoms with van der Waals surface area (Å²) >= 11 is 0. The second kappa shape index (κ2) is 6.70. The zero-order valence-electron chi connectivity index (χ0n) is 12.3. The van der Waals surface area contributed by atoms with Gasteiger partial charge in [0.1, 0.15) is 0 Å². The predicted octanol–water partition coefficient (Wildman–Crippen LogP) is 1.87. The second-order valence-electron chi connectivity index (χ2n) is 5.41. The van der Waals surface area contributed by atoms with Gasteiger partial charge in [-0.25, -0.2) is 8.42 Å². The molecule has 0 unspecified atom stereocenters. The van der Waals surface area contributed by atoms with Crippen LogP contribution in [-0.2, 0) is 16.4 Å². The molecule has 0 spiro atoms. The first-order valence-electron chi connectivity index (χ1n) is 7.31. The van der Waals surface area contributed by atoms with Crippen molar-refractivity contribution in [2.24, 2.45) is 5.92 Å². The molecule has 0 atom stereocenters. The van der Waals surface area contributed by atoms with Crippen molar-refractivity contribution in [2.45, 2.75) is 31.1 Å². The van der Waals surface area contributed by atoms with Crippen molar-refractivity contribution in [3.05, 3.63) is 29.8 Å². The Morgan fingerprint density at radius 2 is 2.00 bits per heavy atom. The third-order valence-corrected chi connectivity index (χ3v) is 5.91. The van der Waals surface area contributed by atoms with E-state index in [1.165, 1.54) is 0 Å². The van der Waals surface area contributed by atoms with Crippen LogP contribution in [0.3, 0.4) is 0 Å². The highest BCUT2D eigenvalue weighted by Gasteiger charge is 2.29. The van der Waals surface area contributed by atoms with E-state index in [4.69, 9.17) is 0 Å². The minimum atomic E-state index is -3.32. The minimum Gasteiger partial charge on any atom is -0.319 e. The van der Waals surface area contributed by atoms with E-state index >= 15 is 0 Å². The van der Waals surface area contributed by atoms with Gasteiger partial charge in [-0.2, -0.15) is 4.31 Å². The van der Waals surface area contributed by atoms with E-state index < -0.39 is 10.0 Å². The van der Waals surface area contributed by atoms with Crippen LogP contribution in [0.2, 0.25) is 0 Å². The molecule has 4 nitrogen and oxygen atoms in total. The van der Waals surface area contributed by atoms with Crippen LogP contribution < -0.4 is 5.32 Å². The number of rotatable bonds is 5. The lowest BCUT2D eigenvalue weighted by Gasteiger charge is -2.31. The molecule has 0 bridgehead atoms. The molecule has 20 heavy (non-hydrogen) atoms. The summed E-state index contributed by atoms with van der Waals surface area (Å²) in [5.41, 5.74) is 1.07. The van der Waals surface area contributed by atoms with Crippen LogP contribution in [0.4, 0.5) is 0 Å². The maximum atomic E-state index is 12.6. The maximum absolute atomic E-state index is 12.6. The Labute approximate surface area is 122 Å². The number of hydrogen-bond acceptors (Lipinski definition) is 3. The highest BCUT2D eigenvalue weighted by molar-refractivity contribution is 7.89. The van der Waals surface area contributed by atoms with Gasteiger partial charge in [-0.3, -0.25) is 0 Å². The molecule has 112 valence electrons. The SMILES string of the molecule is CCc1cccc(S(=O)(=O)N2CCC(CNC)CC2)c1. The van der Waals surface area contributed by atoms with Gasteiger partial charge in [-0.15, -0.1) is 0 Å². The summed E-state index contributed by atoms with van der Waals surface area (Å²) in [5, 5.41) is 3.17. The molecule has 0 amide bonds. The van der Waals surface area contributed by atoms with Gasteiger partial charge in [0.15, 0.2) is 0 Å². The van der Waals surface area contributed by atoms with Crippen LogP contribution in [0, 0.1) is 5.92 Å². The number of sulfonamides is 1. The van der Waals surface area contributed by atoms with Crippen molar-refractivity contribution in [3.8, 4) is 0 Å². The molecule has 1 aliphatic rings. The van der Waals surface area contributed by atoms with E-state index in [1.807, 2.05) is 26.1 Å². The quantitative estimate of drug-likeness (QED) is 0.902. The van der Waals surface area contributed by atoms with E-state index in [-0.39, 0.29) is 0 Å². The average Bonchev–Trinajstić information content (AvgIpc) is 2.48. The number of piperidine rings is 1. The van der Waals surface area contributed by atoms with Crippen molar-refractivity contribution in [1.82, 2.24) is 9.62 Å². The Bertz CT molecular complexity index is 535. The Kier molecular flexibility index (Phi) is 5.18. The molecule has 1 N–H and O–H groups in total. The van der Waals surface area contributed by atoms with E-state index in [0.717, 1.165) is 31.4 Å². The van der Waals surface area contributed by atoms with Crippen LogP contribution in [0.15, 0.2) is 29.2 Å². The van der Waals surface area contributed by atoms with Crippen molar-refractivity contribution >= 4 is 10.0 Å². The third-order valence-electron chi connectivity index (χ3n) is 4.01. The molecule has 1 saturated heterocycles. The van der Waals surface area contributed by atoms with Gasteiger partial charge in [-0.05, 0) is 56.5 Å². The summed E-state index contributed by atoms with van der Waals surface area (Å²) < 4.78 is 26.9. The number of aryl methyl sites for hydroxylation is 1. The molecular formula is C15H24N2O2S. The first kappa shape index (κ1) is 15.5. The zero-order chi connectivity index (χ0) is 14.6. The van der Waals surface area contributed by atoms with Gasteiger partial charge in [-0.1, -0.05) is 19.1 Å². The summed E-state index contributed by atoms with van der Waals surface area (Å²) in [5.74, 6) is 0.591. The standard InChI is InChI=1S/C15H24N2O2S/c1-3-13-5-4-6-15(11-13)20(18,19)17-9-7-14(8-10-17)12-16-2/h4-6,11,14,16H,3,7-10,12H2,1-2H3. The zero-order valence-corrected chi connectivity index (χ0v) is 13.1. The van der Waals surface area contributed by atoms with Gasteiger partial charge in [0.2, 0.25) is 10.0 Å². The lowest BCUT2D eigenvalue weighted by Crippen LogP contribution is -2.40. The van der Waals surface area contributed by atoms with Crippen molar-refractivity contribution in [1.29, 1.82) is 0 Å². The summed E-state index contributed by atoms with van der Waals surface area (Å²) in [6.45, 7) is 4.27. The van der Waals surface area contributed by atoms with Gasteiger partial charge in [0.25, 0.3) is 0 Å². The Hall–Kier alpha value is -0.910. The fourth-order valence-corrected chi connectivity index (χ4v) is 4.26. The molecule has 2 rings (SSSR count). The average molecular weight is 296 g/mol. The number of benzene rings is 1. The monoisotopic (exact) mass is 296 g/mol. The van der Waals surface area contributed by atoms with Crippen molar-refractivity contribution in [3.63, 3.8) is 0 Å². The van der Waals surface area contributed by atoms with E-state index in [1.54, 1.807) is 16.4 Å². The molecule has 0 radical (unpaired) electrons. The molecule has 1 aromatic carbocycles. The Morgan fingerprint density at radius 1 is 1.30 bits per heavy atom. The van der Waals surface area contributed by atoms with Gasteiger partial charge in [0, 0.05) is 13.1 Å². The minimum absolute atomic E-state index is 0.434. The van der Waals surface area contributed by atoms with Crippen LogP contribution in [-0.4, -0.2) is 39.4 Å². The maximum Gasteiger partial charge on any atom is 0.243 e. The largest absolute Gasteiger partial charge is 0.319 e. The number of hydrogen-bond donors (Lipinski definition) is 1. The molecule has 5 heteroatoms. The predicted molar refractivity (Wildman–Crippen MR) is 81.2 cm³/mol. The van der Waals surface area contributed by atoms with Crippen LogP contribution >= 0.6 is 0 Å². The van der Waals surface area contributed by atoms with Crippen LogP contribution in [0.1, 0.15) is 25.3 Å². The van der Waals surface area contributed by atoms with Crippen LogP contribution in [0.25, 0.3) is 0 Å². The first-order valence-corrected chi connectivity index (χ1v) is 8.75. The molecule has 0 saturated carbocycles. The Balaban J connectivity index is 2.11. The fraction of sp³-hybridized carbons (Fsp3) is 0.600. The number of nitrogens with one attached hydrogen (secondary N) is 1. The summed E-state index contributed by atoms with van der Waals surface area (Å²) in [4.78, 5) is 0.434. The van der Waals surface area contributed by atoms with Crippen molar-refractivity contribution in [2.75, 3.05) is 26.7 Å². The molecule has 0 aromatic heterocycles. The van der Waals surface area contributed by atoms with Gasteiger partial charge >= 0.3 is 0 Å². The highest BCUT2D eigenvalue weighted by atomic mass is 32.2. The van der Waals surface area contributed by atoms with Gasteiger partial charge < -0.3 is 5.32 Å². The van der Waals surface area contributed by atoms with E-state index in [0.29, 0.717) is 23.9 Å². The second-order valence-corrected chi connectivity index (χ2v) is 7.34. The normalized spacial score (nSPS) is 18.3. The highest BCUT2D eigenvalue weighted by Crippen LogP contribution is 2.24. The first-order chi connectivity index (χ1) is 9.57.